The number of fused-ring (bicyclic) bond motifs is 1. The standard InChI is InChI=1S/C14H12N2O3/c1-15-14(17)11-4-2-3-10(16-11)9-5-6-12-13(7-9)19-8-18-12/h2-7H,8H2,1H3,(H,15,17). The maximum Gasteiger partial charge on any atom is 0.269 e. The molecule has 0 fully saturated rings. The smallest absolute Gasteiger partial charge is 0.269 e. The van der Waals surface area contributed by atoms with Gasteiger partial charge in [-0.05, 0) is 30.3 Å². The summed E-state index contributed by atoms with van der Waals surface area (Å²) in [5.41, 5.74) is 1.99. The van der Waals surface area contributed by atoms with E-state index in [-0.39, 0.29) is 12.7 Å². The lowest BCUT2D eigenvalue weighted by atomic mass is 10.1. The summed E-state index contributed by atoms with van der Waals surface area (Å²) in [7, 11) is 1.58. The number of amides is 1. The molecule has 0 saturated heterocycles. The van der Waals surface area contributed by atoms with Gasteiger partial charge in [0.15, 0.2) is 11.5 Å². The molecule has 1 N–H and O–H groups in total. The van der Waals surface area contributed by atoms with Crippen LogP contribution in [0.5, 0.6) is 11.5 Å². The molecule has 0 spiro atoms. The number of nitrogens with one attached hydrogen (secondary N) is 1. The lowest BCUT2D eigenvalue weighted by molar-refractivity contribution is 0.0958. The lowest BCUT2D eigenvalue weighted by Gasteiger charge is -2.05. The van der Waals surface area contributed by atoms with Crippen LogP contribution >= 0.6 is 0 Å². The zero-order chi connectivity index (χ0) is 13.2. The highest BCUT2D eigenvalue weighted by molar-refractivity contribution is 5.92. The van der Waals surface area contributed by atoms with Crippen molar-refractivity contribution in [3.05, 3.63) is 42.1 Å². The molecular weight excluding hydrogens is 244 g/mol. The zero-order valence-corrected chi connectivity index (χ0v) is 10.3. The lowest BCUT2D eigenvalue weighted by Crippen LogP contribution is -2.19. The van der Waals surface area contributed by atoms with Gasteiger partial charge in [0.05, 0.1) is 5.69 Å². The number of ether oxygens (including phenoxy) is 2. The molecule has 2 heterocycles. The molecule has 3 rings (SSSR count). The predicted octanol–water partition coefficient (Wildman–Crippen LogP) is 1.84. The molecule has 0 aliphatic carbocycles. The number of hydrogen-bond acceptors (Lipinski definition) is 4. The molecule has 96 valence electrons. The summed E-state index contributed by atoms with van der Waals surface area (Å²) in [5, 5.41) is 2.56. The van der Waals surface area contributed by atoms with Crippen molar-refractivity contribution in [2.24, 2.45) is 0 Å². The zero-order valence-electron chi connectivity index (χ0n) is 10.3. The van der Waals surface area contributed by atoms with Crippen molar-refractivity contribution in [1.82, 2.24) is 10.3 Å². The molecule has 1 aromatic carbocycles. The average Bonchev–Trinajstić information content (AvgIpc) is 2.94. The first kappa shape index (κ1) is 11.5. The van der Waals surface area contributed by atoms with E-state index in [0.717, 1.165) is 17.0 Å². The van der Waals surface area contributed by atoms with Gasteiger partial charge in [-0.2, -0.15) is 0 Å². The Morgan fingerprint density at radius 2 is 2.05 bits per heavy atom. The highest BCUT2D eigenvalue weighted by Gasteiger charge is 2.14. The number of benzene rings is 1. The normalized spacial score (nSPS) is 12.3. The summed E-state index contributed by atoms with van der Waals surface area (Å²) < 4.78 is 10.6. The second-order valence-electron chi connectivity index (χ2n) is 4.06. The summed E-state index contributed by atoms with van der Waals surface area (Å²) in [4.78, 5) is 15.9. The molecule has 1 aliphatic rings. The third-order valence-electron chi connectivity index (χ3n) is 2.88. The molecule has 2 aromatic rings. The van der Waals surface area contributed by atoms with E-state index in [4.69, 9.17) is 9.47 Å². The molecule has 0 radical (unpaired) electrons. The quantitative estimate of drug-likeness (QED) is 0.890. The fourth-order valence-electron chi connectivity index (χ4n) is 1.91. The number of hydrogen-bond donors (Lipinski definition) is 1. The SMILES string of the molecule is CNC(=O)c1cccc(-c2ccc3c(c2)OCO3)n1. The van der Waals surface area contributed by atoms with Crippen LogP contribution in [0.3, 0.4) is 0 Å². The molecule has 1 aliphatic heterocycles. The van der Waals surface area contributed by atoms with E-state index < -0.39 is 0 Å². The molecule has 0 atom stereocenters. The third-order valence-corrected chi connectivity index (χ3v) is 2.88. The second kappa shape index (κ2) is 4.61. The van der Waals surface area contributed by atoms with Crippen molar-refractivity contribution >= 4 is 5.91 Å². The molecule has 19 heavy (non-hydrogen) atoms. The number of carbonyl (C=O) groups is 1. The summed E-state index contributed by atoms with van der Waals surface area (Å²) in [5.74, 6) is 1.22. The number of rotatable bonds is 2. The van der Waals surface area contributed by atoms with Crippen molar-refractivity contribution in [2.75, 3.05) is 13.8 Å². The van der Waals surface area contributed by atoms with Gasteiger partial charge in [-0.25, -0.2) is 4.98 Å². The number of pyridine rings is 1. The first-order valence-electron chi connectivity index (χ1n) is 5.87. The van der Waals surface area contributed by atoms with Crippen LogP contribution < -0.4 is 14.8 Å². The second-order valence-corrected chi connectivity index (χ2v) is 4.06. The maximum atomic E-state index is 11.6. The monoisotopic (exact) mass is 256 g/mol. The Hall–Kier alpha value is -2.56. The molecule has 0 saturated carbocycles. The van der Waals surface area contributed by atoms with E-state index >= 15 is 0 Å². The van der Waals surface area contributed by atoms with Crippen LogP contribution in [0, 0.1) is 0 Å². The minimum atomic E-state index is -0.206. The van der Waals surface area contributed by atoms with Crippen LogP contribution in [0.2, 0.25) is 0 Å². The average molecular weight is 256 g/mol. The minimum Gasteiger partial charge on any atom is -0.454 e. The highest BCUT2D eigenvalue weighted by atomic mass is 16.7. The van der Waals surface area contributed by atoms with Crippen LogP contribution in [0.1, 0.15) is 10.5 Å². The first-order chi connectivity index (χ1) is 9.28. The van der Waals surface area contributed by atoms with Gasteiger partial charge in [0.2, 0.25) is 6.79 Å². The van der Waals surface area contributed by atoms with Crippen LogP contribution in [0.4, 0.5) is 0 Å². The summed E-state index contributed by atoms with van der Waals surface area (Å²) >= 11 is 0. The Kier molecular flexibility index (Phi) is 2.79. The largest absolute Gasteiger partial charge is 0.454 e. The fraction of sp³-hybridized carbons (Fsp3) is 0.143. The van der Waals surface area contributed by atoms with E-state index in [9.17, 15) is 4.79 Å². The summed E-state index contributed by atoms with van der Waals surface area (Å²) in [6.45, 7) is 0.241. The summed E-state index contributed by atoms with van der Waals surface area (Å²) in [6, 6.07) is 10.9. The van der Waals surface area contributed by atoms with E-state index in [1.165, 1.54) is 0 Å². The van der Waals surface area contributed by atoms with E-state index in [0.29, 0.717) is 11.4 Å². The van der Waals surface area contributed by atoms with Crippen LogP contribution in [0.15, 0.2) is 36.4 Å². The van der Waals surface area contributed by atoms with Gasteiger partial charge in [0, 0.05) is 12.6 Å². The topological polar surface area (TPSA) is 60.5 Å². The Labute approximate surface area is 110 Å². The van der Waals surface area contributed by atoms with Crippen molar-refractivity contribution in [2.45, 2.75) is 0 Å². The van der Waals surface area contributed by atoms with Gasteiger partial charge >= 0.3 is 0 Å². The van der Waals surface area contributed by atoms with Gasteiger partial charge < -0.3 is 14.8 Å². The molecule has 1 aromatic heterocycles. The van der Waals surface area contributed by atoms with Gasteiger partial charge in [0.25, 0.3) is 5.91 Å². The van der Waals surface area contributed by atoms with E-state index in [2.05, 4.69) is 10.3 Å². The van der Waals surface area contributed by atoms with Crippen LogP contribution in [0.25, 0.3) is 11.3 Å². The van der Waals surface area contributed by atoms with Crippen molar-refractivity contribution in [3.63, 3.8) is 0 Å². The van der Waals surface area contributed by atoms with Crippen LogP contribution in [-0.4, -0.2) is 24.7 Å². The van der Waals surface area contributed by atoms with E-state index in [1.807, 2.05) is 24.3 Å². The first-order valence-corrected chi connectivity index (χ1v) is 5.87. The third kappa shape index (κ3) is 2.10. The van der Waals surface area contributed by atoms with Crippen molar-refractivity contribution in [3.8, 4) is 22.8 Å². The van der Waals surface area contributed by atoms with Gasteiger partial charge in [0.1, 0.15) is 5.69 Å². The van der Waals surface area contributed by atoms with Crippen LogP contribution in [-0.2, 0) is 0 Å². The Bertz CT molecular complexity index is 640. The minimum absolute atomic E-state index is 0.206. The predicted molar refractivity (Wildman–Crippen MR) is 69.2 cm³/mol. The molecule has 1 amide bonds. The van der Waals surface area contributed by atoms with Crippen molar-refractivity contribution < 1.29 is 14.3 Å². The van der Waals surface area contributed by atoms with Gasteiger partial charge in [-0.3, -0.25) is 4.79 Å². The Balaban J connectivity index is 2.00. The Morgan fingerprint density at radius 1 is 1.21 bits per heavy atom. The molecular formula is C14H12N2O3. The fourth-order valence-corrected chi connectivity index (χ4v) is 1.91. The summed E-state index contributed by atoms with van der Waals surface area (Å²) in [6.07, 6.45) is 0. The number of aromatic nitrogens is 1. The Morgan fingerprint density at radius 3 is 2.89 bits per heavy atom. The maximum absolute atomic E-state index is 11.6. The molecule has 0 bridgehead atoms. The van der Waals surface area contributed by atoms with E-state index in [1.54, 1.807) is 19.2 Å². The molecule has 5 nitrogen and oxygen atoms in total. The number of carbonyl (C=O) groups excluding carboxylic acids is 1. The van der Waals surface area contributed by atoms with Gasteiger partial charge in [-0.1, -0.05) is 6.07 Å². The number of nitrogens with zero attached hydrogens (tertiary/aromatic N) is 1. The molecule has 0 unspecified atom stereocenters. The van der Waals surface area contributed by atoms with Gasteiger partial charge in [-0.15, -0.1) is 0 Å². The van der Waals surface area contributed by atoms with Crippen molar-refractivity contribution in [1.29, 1.82) is 0 Å². The molecule has 5 heteroatoms. The highest BCUT2D eigenvalue weighted by Crippen LogP contribution is 2.35.